The van der Waals surface area contributed by atoms with Gasteiger partial charge in [-0.2, -0.15) is 5.26 Å². The van der Waals surface area contributed by atoms with Gasteiger partial charge in [0.2, 0.25) is 0 Å². The lowest BCUT2D eigenvalue weighted by atomic mass is 9.90. The Balaban J connectivity index is 2.44. The van der Waals surface area contributed by atoms with Crippen LogP contribution in [-0.4, -0.2) is 13.2 Å². The molecule has 0 radical (unpaired) electrons. The van der Waals surface area contributed by atoms with Crippen LogP contribution in [0, 0.1) is 22.6 Å². The van der Waals surface area contributed by atoms with E-state index in [1.54, 1.807) is 6.07 Å². The molecule has 0 fully saturated rings. The molecule has 0 heterocycles. The van der Waals surface area contributed by atoms with Crippen LogP contribution in [0.3, 0.4) is 0 Å². The van der Waals surface area contributed by atoms with E-state index in [0.29, 0.717) is 19.6 Å². The second-order valence-electron chi connectivity index (χ2n) is 5.25. The van der Waals surface area contributed by atoms with Crippen molar-refractivity contribution in [2.45, 2.75) is 33.1 Å². The van der Waals surface area contributed by atoms with E-state index in [4.69, 9.17) is 15.7 Å². The average molecular weight is 264 g/mol. The van der Waals surface area contributed by atoms with E-state index in [1.165, 1.54) is 6.07 Å². The third kappa shape index (κ3) is 5.27. The van der Waals surface area contributed by atoms with Crippen molar-refractivity contribution in [3.8, 4) is 11.8 Å². The van der Waals surface area contributed by atoms with Crippen molar-refractivity contribution in [3.63, 3.8) is 0 Å². The Hall–Kier alpha value is -1.60. The zero-order valence-electron chi connectivity index (χ0n) is 11.6. The zero-order valence-corrected chi connectivity index (χ0v) is 11.6. The molecule has 0 unspecified atom stereocenters. The molecule has 0 saturated carbocycles. The summed E-state index contributed by atoms with van der Waals surface area (Å²) in [4.78, 5) is 0. The molecule has 19 heavy (non-hydrogen) atoms. The van der Waals surface area contributed by atoms with Crippen LogP contribution in [0.4, 0.5) is 4.39 Å². The smallest absolute Gasteiger partial charge is 0.165 e. The Kier molecular flexibility index (Phi) is 5.78. The first-order valence-electron chi connectivity index (χ1n) is 6.51. The number of hydrogen-bond acceptors (Lipinski definition) is 3. The summed E-state index contributed by atoms with van der Waals surface area (Å²) < 4.78 is 19.1. The quantitative estimate of drug-likeness (QED) is 0.770. The summed E-state index contributed by atoms with van der Waals surface area (Å²) >= 11 is 0. The summed E-state index contributed by atoms with van der Waals surface area (Å²) in [5.41, 5.74) is 5.94. The fraction of sp³-hybridized carbons (Fsp3) is 0.533. The first-order valence-corrected chi connectivity index (χ1v) is 6.51. The molecule has 0 aliphatic carbocycles. The highest BCUT2D eigenvalue weighted by Gasteiger charge is 2.15. The molecular weight excluding hydrogens is 243 g/mol. The monoisotopic (exact) mass is 264 g/mol. The van der Waals surface area contributed by atoms with Gasteiger partial charge in [-0.05, 0) is 57.4 Å². The SMILES string of the molecule is CC(C)(C#N)CCCOc1ccc(CCN)cc1F. The number of nitriles is 1. The Morgan fingerprint density at radius 1 is 1.42 bits per heavy atom. The van der Waals surface area contributed by atoms with Crippen molar-refractivity contribution < 1.29 is 9.13 Å². The van der Waals surface area contributed by atoms with Crippen LogP contribution in [0.15, 0.2) is 18.2 Å². The second kappa shape index (κ2) is 7.10. The minimum absolute atomic E-state index is 0.260. The number of nitrogens with two attached hydrogens (primary N) is 1. The second-order valence-corrected chi connectivity index (χ2v) is 5.25. The normalized spacial score (nSPS) is 11.1. The maximum Gasteiger partial charge on any atom is 0.165 e. The topological polar surface area (TPSA) is 59.0 Å². The van der Waals surface area contributed by atoms with Crippen molar-refractivity contribution in [2.24, 2.45) is 11.1 Å². The fourth-order valence-corrected chi connectivity index (χ4v) is 1.74. The van der Waals surface area contributed by atoms with Crippen LogP contribution in [-0.2, 0) is 6.42 Å². The predicted molar refractivity (Wildman–Crippen MR) is 73.3 cm³/mol. The van der Waals surface area contributed by atoms with Gasteiger partial charge in [0.25, 0.3) is 0 Å². The number of halogens is 1. The first kappa shape index (κ1) is 15.5. The van der Waals surface area contributed by atoms with E-state index in [1.807, 2.05) is 19.9 Å². The van der Waals surface area contributed by atoms with Crippen LogP contribution < -0.4 is 10.5 Å². The number of ether oxygens (including phenoxy) is 1. The molecule has 0 aliphatic heterocycles. The lowest BCUT2D eigenvalue weighted by molar-refractivity contribution is 0.273. The molecule has 104 valence electrons. The number of rotatable bonds is 7. The molecule has 0 atom stereocenters. The molecule has 1 rings (SSSR count). The highest BCUT2D eigenvalue weighted by molar-refractivity contribution is 5.29. The van der Waals surface area contributed by atoms with Crippen LogP contribution >= 0.6 is 0 Å². The van der Waals surface area contributed by atoms with Gasteiger partial charge >= 0.3 is 0 Å². The standard InChI is InChI=1S/C15H21FN2O/c1-15(2,11-18)7-3-9-19-14-5-4-12(6-8-17)10-13(14)16/h4-5,10H,3,6-9,17H2,1-2H3. The molecule has 1 aromatic carbocycles. The summed E-state index contributed by atoms with van der Waals surface area (Å²) in [5.74, 6) is -0.0963. The van der Waals surface area contributed by atoms with Gasteiger partial charge in [-0.3, -0.25) is 0 Å². The molecule has 0 aromatic heterocycles. The van der Waals surface area contributed by atoms with Gasteiger partial charge in [0.05, 0.1) is 18.1 Å². The summed E-state index contributed by atoms with van der Waals surface area (Å²) in [6.45, 7) is 4.69. The van der Waals surface area contributed by atoms with Crippen LogP contribution in [0.1, 0.15) is 32.3 Å². The van der Waals surface area contributed by atoms with Gasteiger partial charge in [0.15, 0.2) is 11.6 Å². The molecule has 4 heteroatoms. The Labute approximate surface area is 114 Å². The van der Waals surface area contributed by atoms with Crippen molar-refractivity contribution in [1.29, 1.82) is 5.26 Å². The van der Waals surface area contributed by atoms with E-state index in [0.717, 1.165) is 18.4 Å². The lowest BCUT2D eigenvalue weighted by Gasteiger charge is -2.15. The lowest BCUT2D eigenvalue weighted by Crippen LogP contribution is -2.10. The summed E-state index contributed by atoms with van der Waals surface area (Å²) in [6.07, 6.45) is 2.12. The van der Waals surface area contributed by atoms with Gasteiger partial charge < -0.3 is 10.5 Å². The summed E-state index contributed by atoms with van der Waals surface area (Å²) in [7, 11) is 0. The molecule has 0 amide bonds. The third-order valence-corrected chi connectivity index (χ3v) is 2.94. The molecule has 0 bridgehead atoms. The molecule has 2 N–H and O–H groups in total. The van der Waals surface area contributed by atoms with Gasteiger partial charge in [-0.1, -0.05) is 6.07 Å². The van der Waals surface area contributed by atoms with E-state index in [2.05, 4.69) is 6.07 Å². The highest BCUT2D eigenvalue weighted by atomic mass is 19.1. The Morgan fingerprint density at radius 2 is 2.16 bits per heavy atom. The average Bonchev–Trinajstić information content (AvgIpc) is 2.37. The third-order valence-electron chi connectivity index (χ3n) is 2.94. The van der Waals surface area contributed by atoms with Gasteiger partial charge in [-0.25, -0.2) is 4.39 Å². The van der Waals surface area contributed by atoms with Crippen molar-refractivity contribution in [1.82, 2.24) is 0 Å². The minimum Gasteiger partial charge on any atom is -0.491 e. The first-order chi connectivity index (χ1) is 8.98. The van der Waals surface area contributed by atoms with Crippen LogP contribution in [0.2, 0.25) is 0 Å². The van der Waals surface area contributed by atoms with Gasteiger partial charge in [-0.15, -0.1) is 0 Å². The van der Waals surface area contributed by atoms with E-state index >= 15 is 0 Å². The van der Waals surface area contributed by atoms with Gasteiger partial charge in [0.1, 0.15) is 0 Å². The van der Waals surface area contributed by atoms with E-state index in [-0.39, 0.29) is 17.0 Å². The number of nitrogens with zero attached hydrogens (tertiary/aromatic N) is 1. The number of hydrogen-bond donors (Lipinski definition) is 1. The molecule has 1 aromatic rings. The van der Waals surface area contributed by atoms with Crippen molar-refractivity contribution in [3.05, 3.63) is 29.6 Å². The van der Waals surface area contributed by atoms with E-state index < -0.39 is 0 Å². The predicted octanol–water partition coefficient (Wildman–Crippen LogP) is 3.04. The molecular formula is C15H21FN2O. The van der Waals surface area contributed by atoms with Crippen LogP contribution in [0.5, 0.6) is 5.75 Å². The molecule has 0 aliphatic rings. The fourth-order valence-electron chi connectivity index (χ4n) is 1.74. The highest BCUT2D eigenvalue weighted by Crippen LogP contribution is 2.22. The molecule has 3 nitrogen and oxygen atoms in total. The molecule has 0 spiro atoms. The van der Waals surface area contributed by atoms with Gasteiger partial charge in [0, 0.05) is 0 Å². The van der Waals surface area contributed by atoms with E-state index in [9.17, 15) is 4.39 Å². The Morgan fingerprint density at radius 3 is 2.74 bits per heavy atom. The maximum absolute atomic E-state index is 13.7. The van der Waals surface area contributed by atoms with Crippen molar-refractivity contribution in [2.75, 3.05) is 13.2 Å². The zero-order chi connectivity index (χ0) is 14.3. The van der Waals surface area contributed by atoms with Crippen molar-refractivity contribution >= 4 is 0 Å². The largest absolute Gasteiger partial charge is 0.491 e. The Bertz CT molecular complexity index is 452. The summed E-state index contributed by atoms with van der Waals surface area (Å²) in [6, 6.07) is 7.15. The minimum atomic E-state index is -0.356. The molecule has 0 saturated heterocycles. The summed E-state index contributed by atoms with van der Waals surface area (Å²) in [5, 5.41) is 8.87. The van der Waals surface area contributed by atoms with Crippen LogP contribution in [0.25, 0.3) is 0 Å². The maximum atomic E-state index is 13.7. The number of benzene rings is 1.